The lowest BCUT2D eigenvalue weighted by molar-refractivity contribution is 0.323. The van der Waals surface area contributed by atoms with Crippen molar-refractivity contribution in [1.82, 2.24) is 10.2 Å². The minimum atomic E-state index is -0.429. The maximum atomic E-state index is 5.67. The number of aromatic nitrogens is 2. The Morgan fingerprint density at radius 3 is 2.03 bits per heavy atom. The number of aromatic amines is 1. The van der Waals surface area contributed by atoms with Crippen LogP contribution < -0.4 is 14.2 Å². The maximum Gasteiger partial charge on any atom is 0.203 e. The molecule has 0 spiro atoms. The number of rotatable bonds is 6. The number of allylic oxidation sites excluding steroid dienone is 1. The largest absolute Gasteiger partial charge is 0.493 e. The first-order chi connectivity index (χ1) is 16.2. The Hall–Kier alpha value is -3.99. The van der Waals surface area contributed by atoms with Crippen molar-refractivity contribution in [3.05, 3.63) is 101 Å². The molecule has 0 amide bonds. The highest BCUT2D eigenvalue weighted by Gasteiger charge is 2.38. The van der Waals surface area contributed by atoms with Gasteiger partial charge in [0.25, 0.3) is 0 Å². The summed E-state index contributed by atoms with van der Waals surface area (Å²) in [6, 6.07) is 24.8. The third-order valence-corrected chi connectivity index (χ3v) is 6.39. The fourth-order valence-corrected chi connectivity index (χ4v) is 4.72. The van der Waals surface area contributed by atoms with Crippen LogP contribution in [-0.4, -0.2) is 31.5 Å². The van der Waals surface area contributed by atoms with Crippen molar-refractivity contribution in [1.29, 1.82) is 0 Å². The number of fused-ring (bicyclic) bond motifs is 1. The van der Waals surface area contributed by atoms with E-state index < -0.39 is 5.41 Å². The number of nitrogens with one attached hydrogen (secondary N) is 1. The molecule has 0 fully saturated rings. The highest BCUT2D eigenvalue weighted by molar-refractivity contribution is 5.76. The van der Waals surface area contributed by atoms with Gasteiger partial charge < -0.3 is 14.2 Å². The second-order valence-electron chi connectivity index (χ2n) is 8.09. The SMILES string of the molecule is COc1cc(C2(c3ccccc3)C=Cc3c(-c4ccccc4)n[nH]c3C2)cc(OC)c1OC. The molecule has 1 N–H and O–H groups in total. The van der Waals surface area contributed by atoms with E-state index in [9.17, 15) is 0 Å². The molecule has 0 radical (unpaired) electrons. The smallest absolute Gasteiger partial charge is 0.203 e. The van der Waals surface area contributed by atoms with Gasteiger partial charge in [0, 0.05) is 28.7 Å². The minimum Gasteiger partial charge on any atom is -0.493 e. The Balaban J connectivity index is 1.70. The maximum absolute atomic E-state index is 5.67. The zero-order valence-corrected chi connectivity index (χ0v) is 19.0. The van der Waals surface area contributed by atoms with Crippen LogP contribution in [-0.2, 0) is 11.8 Å². The molecule has 0 bridgehead atoms. The summed E-state index contributed by atoms with van der Waals surface area (Å²) in [7, 11) is 4.91. The normalized spacial score (nSPS) is 16.8. The molecule has 1 aliphatic rings. The molecule has 0 saturated carbocycles. The highest BCUT2D eigenvalue weighted by atomic mass is 16.5. The van der Waals surface area contributed by atoms with E-state index in [0.717, 1.165) is 34.5 Å². The first-order valence-electron chi connectivity index (χ1n) is 10.9. The monoisotopic (exact) mass is 438 g/mol. The fraction of sp³-hybridized carbons (Fsp3) is 0.179. The van der Waals surface area contributed by atoms with Crippen LogP contribution in [0.2, 0.25) is 0 Å². The molecule has 5 heteroatoms. The summed E-state index contributed by atoms with van der Waals surface area (Å²) in [5.41, 5.74) is 6.09. The zero-order chi connectivity index (χ0) is 22.8. The first kappa shape index (κ1) is 20.9. The Labute approximate surface area is 193 Å². The number of ether oxygens (including phenoxy) is 3. The lowest BCUT2D eigenvalue weighted by Gasteiger charge is -2.35. The van der Waals surface area contributed by atoms with Crippen LogP contribution in [0.3, 0.4) is 0 Å². The third kappa shape index (κ3) is 3.46. The van der Waals surface area contributed by atoms with E-state index >= 15 is 0 Å². The number of nitrogens with zero attached hydrogens (tertiary/aromatic N) is 1. The van der Waals surface area contributed by atoms with E-state index in [1.807, 2.05) is 36.4 Å². The Bertz CT molecular complexity index is 1270. The molecule has 33 heavy (non-hydrogen) atoms. The lowest BCUT2D eigenvalue weighted by Crippen LogP contribution is -2.30. The highest BCUT2D eigenvalue weighted by Crippen LogP contribution is 2.47. The van der Waals surface area contributed by atoms with Gasteiger partial charge in [0.05, 0.1) is 27.0 Å². The second kappa shape index (κ2) is 8.51. The van der Waals surface area contributed by atoms with E-state index in [1.165, 1.54) is 5.56 Å². The van der Waals surface area contributed by atoms with E-state index in [4.69, 9.17) is 14.2 Å². The van der Waals surface area contributed by atoms with Gasteiger partial charge in [0.2, 0.25) is 5.75 Å². The van der Waals surface area contributed by atoms with Crippen molar-refractivity contribution in [2.75, 3.05) is 21.3 Å². The molecule has 1 unspecified atom stereocenters. The number of H-pyrrole nitrogens is 1. The van der Waals surface area contributed by atoms with Crippen molar-refractivity contribution in [2.45, 2.75) is 11.8 Å². The Morgan fingerprint density at radius 2 is 1.42 bits per heavy atom. The Kier molecular flexibility index (Phi) is 5.38. The van der Waals surface area contributed by atoms with Crippen molar-refractivity contribution >= 4 is 6.08 Å². The summed E-state index contributed by atoms with van der Waals surface area (Å²) in [6.07, 6.45) is 5.18. The molecule has 1 aromatic heterocycles. The van der Waals surface area contributed by atoms with Gasteiger partial charge in [-0.3, -0.25) is 5.10 Å². The van der Waals surface area contributed by atoms with Gasteiger partial charge in [0.15, 0.2) is 11.5 Å². The molecular formula is C28H26N2O3. The molecule has 4 aromatic rings. The van der Waals surface area contributed by atoms with E-state index in [2.05, 4.69) is 58.7 Å². The van der Waals surface area contributed by atoms with Crippen LogP contribution in [0.5, 0.6) is 17.2 Å². The molecule has 3 aromatic carbocycles. The molecule has 0 saturated heterocycles. The second-order valence-corrected chi connectivity index (χ2v) is 8.09. The van der Waals surface area contributed by atoms with Crippen molar-refractivity contribution in [3.8, 4) is 28.5 Å². The van der Waals surface area contributed by atoms with Gasteiger partial charge >= 0.3 is 0 Å². The summed E-state index contributed by atoms with van der Waals surface area (Å²) in [5, 5.41) is 7.98. The average molecular weight is 439 g/mol. The summed E-state index contributed by atoms with van der Waals surface area (Å²) in [5.74, 6) is 1.85. The predicted octanol–water partition coefficient (Wildman–Crippen LogP) is 5.66. The molecular weight excluding hydrogens is 412 g/mol. The third-order valence-electron chi connectivity index (χ3n) is 6.39. The number of hydrogen-bond acceptors (Lipinski definition) is 4. The van der Waals surface area contributed by atoms with Crippen LogP contribution in [0.25, 0.3) is 17.3 Å². The number of benzene rings is 3. The van der Waals surface area contributed by atoms with Gasteiger partial charge in [0.1, 0.15) is 0 Å². The molecule has 5 nitrogen and oxygen atoms in total. The molecule has 0 aliphatic heterocycles. The summed E-state index contributed by atoms with van der Waals surface area (Å²) in [4.78, 5) is 0. The molecule has 166 valence electrons. The summed E-state index contributed by atoms with van der Waals surface area (Å²) < 4.78 is 16.9. The molecule has 5 rings (SSSR count). The van der Waals surface area contributed by atoms with Crippen LogP contribution >= 0.6 is 0 Å². The zero-order valence-electron chi connectivity index (χ0n) is 19.0. The molecule has 1 aliphatic carbocycles. The van der Waals surface area contributed by atoms with Crippen LogP contribution in [0.1, 0.15) is 22.4 Å². The van der Waals surface area contributed by atoms with E-state index in [-0.39, 0.29) is 0 Å². The van der Waals surface area contributed by atoms with Gasteiger partial charge in [-0.2, -0.15) is 5.10 Å². The molecule has 1 atom stereocenters. The molecule has 1 heterocycles. The van der Waals surface area contributed by atoms with E-state index in [1.54, 1.807) is 21.3 Å². The average Bonchev–Trinajstić information content (AvgIpc) is 3.31. The fourth-order valence-electron chi connectivity index (χ4n) is 4.72. The summed E-state index contributed by atoms with van der Waals surface area (Å²) in [6.45, 7) is 0. The summed E-state index contributed by atoms with van der Waals surface area (Å²) >= 11 is 0. The van der Waals surface area contributed by atoms with Crippen LogP contribution in [0, 0.1) is 0 Å². The van der Waals surface area contributed by atoms with Gasteiger partial charge in [-0.25, -0.2) is 0 Å². The number of methoxy groups -OCH3 is 3. The quantitative estimate of drug-likeness (QED) is 0.422. The number of hydrogen-bond donors (Lipinski definition) is 1. The standard InChI is InChI=1S/C28H26N2O3/c1-31-24-16-21(17-25(32-2)27(24)33-3)28(20-12-8-5-9-13-20)15-14-22-23(18-28)29-30-26(22)19-10-6-4-7-11-19/h4-17H,18H2,1-3H3,(H,29,30). The van der Waals surface area contributed by atoms with Crippen molar-refractivity contribution < 1.29 is 14.2 Å². The minimum absolute atomic E-state index is 0.429. The van der Waals surface area contributed by atoms with Gasteiger partial charge in [-0.1, -0.05) is 72.8 Å². The predicted molar refractivity (Wildman–Crippen MR) is 130 cm³/mol. The van der Waals surface area contributed by atoms with Crippen molar-refractivity contribution in [2.24, 2.45) is 0 Å². The van der Waals surface area contributed by atoms with Crippen LogP contribution in [0.15, 0.2) is 78.9 Å². The first-order valence-corrected chi connectivity index (χ1v) is 10.9. The van der Waals surface area contributed by atoms with Gasteiger partial charge in [-0.15, -0.1) is 0 Å². The topological polar surface area (TPSA) is 56.4 Å². The Morgan fingerprint density at radius 1 is 0.788 bits per heavy atom. The van der Waals surface area contributed by atoms with E-state index in [0.29, 0.717) is 17.2 Å². The van der Waals surface area contributed by atoms with Crippen LogP contribution in [0.4, 0.5) is 0 Å². The lowest BCUT2D eigenvalue weighted by atomic mass is 9.68. The van der Waals surface area contributed by atoms with Crippen molar-refractivity contribution in [3.63, 3.8) is 0 Å². The van der Waals surface area contributed by atoms with Gasteiger partial charge in [-0.05, 0) is 23.3 Å².